The monoisotopic (exact) mass is 252 g/mol. The van der Waals surface area contributed by atoms with Gasteiger partial charge in [-0.25, -0.2) is 4.79 Å². The Morgan fingerprint density at radius 2 is 1.83 bits per heavy atom. The standard InChI is InChI=1S/C14H24N2O2/c1-12(14(17)18-2)5-6-15-7-9-16(10-8-15)11-13-3-4-13/h5,13H,3-4,6-11H2,1-2H3. The van der Waals surface area contributed by atoms with Crippen LogP contribution in [-0.2, 0) is 9.53 Å². The fourth-order valence-corrected chi connectivity index (χ4v) is 2.33. The molecular formula is C14H24N2O2. The Kier molecular flexibility index (Phi) is 4.78. The molecular weight excluding hydrogens is 228 g/mol. The van der Waals surface area contributed by atoms with Crippen molar-refractivity contribution in [1.82, 2.24) is 9.80 Å². The van der Waals surface area contributed by atoms with E-state index in [0.29, 0.717) is 5.57 Å². The molecule has 1 saturated heterocycles. The molecule has 1 aliphatic carbocycles. The van der Waals surface area contributed by atoms with Gasteiger partial charge in [0.1, 0.15) is 0 Å². The molecule has 0 amide bonds. The average Bonchev–Trinajstić information content (AvgIpc) is 3.20. The SMILES string of the molecule is COC(=O)C(C)=CCN1CCN(CC2CC2)CC1. The highest BCUT2D eigenvalue weighted by atomic mass is 16.5. The summed E-state index contributed by atoms with van der Waals surface area (Å²) in [6, 6.07) is 0. The lowest BCUT2D eigenvalue weighted by atomic mass is 10.2. The summed E-state index contributed by atoms with van der Waals surface area (Å²) in [6.45, 7) is 8.52. The first-order valence-electron chi connectivity index (χ1n) is 6.89. The number of piperazine rings is 1. The Morgan fingerprint density at radius 1 is 1.22 bits per heavy atom. The smallest absolute Gasteiger partial charge is 0.333 e. The van der Waals surface area contributed by atoms with Crippen LogP contribution in [0.5, 0.6) is 0 Å². The quantitative estimate of drug-likeness (QED) is 0.542. The van der Waals surface area contributed by atoms with Gasteiger partial charge in [0.2, 0.25) is 0 Å². The summed E-state index contributed by atoms with van der Waals surface area (Å²) >= 11 is 0. The number of hydrogen-bond donors (Lipinski definition) is 0. The summed E-state index contributed by atoms with van der Waals surface area (Å²) in [6.07, 6.45) is 4.84. The van der Waals surface area contributed by atoms with E-state index in [1.807, 2.05) is 13.0 Å². The normalized spacial score (nSPS) is 23.1. The zero-order valence-corrected chi connectivity index (χ0v) is 11.5. The highest BCUT2D eigenvalue weighted by Gasteiger charge is 2.26. The highest BCUT2D eigenvalue weighted by molar-refractivity contribution is 5.87. The van der Waals surface area contributed by atoms with Gasteiger partial charge in [-0.05, 0) is 25.7 Å². The lowest BCUT2D eigenvalue weighted by Crippen LogP contribution is -2.46. The van der Waals surface area contributed by atoms with Crippen molar-refractivity contribution in [3.05, 3.63) is 11.6 Å². The summed E-state index contributed by atoms with van der Waals surface area (Å²) in [4.78, 5) is 16.2. The summed E-state index contributed by atoms with van der Waals surface area (Å²) in [7, 11) is 1.43. The van der Waals surface area contributed by atoms with E-state index in [2.05, 4.69) is 14.5 Å². The minimum absolute atomic E-state index is 0.220. The van der Waals surface area contributed by atoms with Crippen LogP contribution in [0, 0.1) is 5.92 Å². The third-order valence-electron chi connectivity index (χ3n) is 3.84. The Bertz CT molecular complexity index is 316. The third-order valence-corrected chi connectivity index (χ3v) is 3.84. The highest BCUT2D eigenvalue weighted by Crippen LogP contribution is 2.29. The van der Waals surface area contributed by atoms with E-state index in [0.717, 1.165) is 25.6 Å². The van der Waals surface area contributed by atoms with E-state index in [4.69, 9.17) is 0 Å². The molecule has 0 aromatic heterocycles. The molecule has 4 heteroatoms. The van der Waals surface area contributed by atoms with Gasteiger partial charge in [0.15, 0.2) is 0 Å². The Hall–Kier alpha value is -0.870. The van der Waals surface area contributed by atoms with Crippen molar-refractivity contribution in [1.29, 1.82) is 0 Å². The van der Waals surface area contributed by atoms with Crippen molar-refractivity contribution in [2.75, 3.05) is 46.4 Å². The van der Waals surface area contributed by atoms with Gasteiger partial charge in [0.05, 0.1) is 7.11 Å². The van der Waals surface area contributed by atoms with Gasteiger partial charge < -0.3 is 9.64 Å². The maximum Gasteiger partial charge on any atom is 0.333 e. The molecule has 0 atom stereocenters. The van der Waals surface area contributed by atoms with Crippen molar-refractivity contribution in [2.24, 2.45) is 5.92 Å². The molecule has 1 heterocycles. The maximum absolute atomic E-state index is 11.2. The zero-order valence-electron chi connectivity index (χ0n) is 11.5. The van der Waals surface area contributed by atoms with E-state index >= 15 is 0 Å². The van der Waals surface area contributed by atoms with E-state index in [9.17, 15) is 4.79 Å². The first kappa shape index (κ1) is 13.6. The van der Waals surface area contributed by atoms with Crippen LogP contribution in [0.2, 0.25) is 0 Å². The van der Waals surface area contributed by atoms with Crippen molar-refractivity contribution >= 4 is 5.97 Å². The van der Waals surface area contributed by atoms with Crippen LogP contribution in [-0.4, -0.2) is 62.1 Å². The predicted octanol–water partition coefficient (Wildman–Crippen LogP) is 1.13. The second-order valence-corrected chi connectivity index (χ2v) is 5.42. The van der Waals surface area contributed by atoms with Crippen LogP contribution in [0.1, 0.15) is 19.8 Å². The maximum atomic E-state index is 11.2. The van der Waals surface area contributed by atoms with Crippen LogP contribution in [0.3, 0.4) is 0 Å². The third kappa shape index (κ3) is 4.10. The molecule has 1 aliphatic heterocycles. The van der Waals surface area contributed by atoms with Gasteiger partial charge in [-0.15, -0.1) is 0 Å². The number of esters is 1. The van der Waals surface area contributed by atoms with Gasteiger partial charge in [0.25, 0.3) is 0 Å². The van der Waals surface area contributed by atoms with Crippen molar-refractivity contribution in [3.8, 4) is 0 Å². The van der Waals surface area contributed by atoms with Crippen molar-refractivity contribution in [3.63, 3.8) is 0 Å². The average molecular weight is 252 g/mol. The molecule has 1 saturated carbocycles. The first-order chi connectivity index (χ1) is 8.69. The summed E-state index contributed by atoms with van der Waals surface area (Å²) in [5.74, 6) is 0.764. The Morgan fingerprint density at radius 3 is 2.39 bits per heavy atom. The molecule has 0 spiro atoms. The minimum Gasteiger partial charge on any atom is -0.466 e. The van der Waals surface area contributed by atoms with Gasteiger partial charge in [-0.1, -0.05) is 6.08 Å². The zero-order chi connectivity index (χ0) is 13.0. The van der Waals surface area contributed by atoms with Crippen LogP contribution in [0.15, 0.2) is 11.6 Å². The number of ether oxygens (including phenoxy) is 1. The number of carbonyl (C=O) groups is 1. The largest absolute Gasteiger partial charge is 0.466 e. The molecule has 0 bridgehead atoms. The molecule has 4 nitrogen and oxygen atoms in total. The van der Waals surface area contributed by atoms with Crippen LogP contribution < -0.4 is 0 Å². The number of methoxy groups -OCH3 is 1. The van der Waals surface area contributed by atoms with Gasteiger partial charge in [-0.3, -0.25) is 4.90 Å². The molecule has 102 valence electrons. The number of nitrogens with zero attached hydrogens (tertiary/aromatic N) is 2. The van der Waals surface area contributed by atoms with E-state index in [1.165, 1.54) is 39.6 Å². The molecule has 2 rings (SSSR count). The topological polar surface area (TPSA) is 32.8 Å². The first-order valence-corrected chi connectivity index (χ1v) is 6.89. The van der Waals surface area contributed by atoms with Crippen molar-refractivity contribution < 1.29 is 9.53 Å². The lowest BCUT2D eigenvalue weighted by Gasteiger charge is -2.34. The summed E-state index contributed by atoms with van der Waals surface area (Å²) in [5.41, 5.74) is 0.706. The molecule has 18 heavy (non-hydrogen) atoms. The fourth-order valence-electron chi connectivity index (χ4n) is 2.33. The minimum atomic E-state index is -0.220. The number of hydrogen-bond acceptors (Lipinski definition) is 4. The van der Waals surface area contributed by atoms with Crippen molar-refractivity contribution in [2.45, 2.75) is 19.8 Å². The second kappa shape index (κ2) is 6.34. The molecule has 2 fully saturated rings. The predicted molar refractivity (Wildman–Crippen MR) is 71.4 cm³/mol. The van der Waals surface area contributed by atoms with Crippen LogP contribution in [0.4, 0.5) is 0 Å². The van der Waals surface area contributed by atoms with E-state index in [-0.39, 0.29) is 5.97 Å². The number of carbonyl (C=O) groups excluding carboxylic acids is 1. The lowest BCUT2D eigenvalue weighted by molar-refractivity contribution is -0.136. The van der Waals surface area contributed by atoms with Gasteiger partial charge in [-0.2, -0.15) is 0 Å². The summed E-state index contributed by atoms with van der Waals surface area (Å²) in [5, 5.41) is 0. The van der Waals surface area contributed by atoms with Gasteiger partial charge >= 0.3 is 5.97 Å². The second-order valence-electron chi connectivity index (χ2n) is 5.42. The van der Waals surface area contributed by atoms with Gasteiger partial charge in [0, 0.05) is 44.8 Å². The van der Waals surface area contributed by atoms with Crippen LogP contribution >= 0.6 is 0 Å². The fraction of sp³-hybridized carbons (Fsp3) is 0.786. The number of rotatable bonds is 5. The molecule has 0 N–H and O–H groups in total. The molecule has 0 aromatic carbocycles. The van der Waals surface area contributed by atoms with E-state index in [1.54, 1.807) is 0 Å². The summed E-state index contributed by atoms with van der Waals surface area (Å²) < 4.78 is 4.69. The molecule has 0 unspecified atom stereocenters. The molecule has 0 radical (unpaired) electrons. The Labute approximate surface area is 110 Å². The Balaban J connectivity index is 1.67. The molecule has 0 aromatic rings. The molecule has 2 aliphatic rings. The van der Waals surface area contributed by atoms with E-state index < -0.39 is 0 Å². The van der Waals surface area contributed by atoms with Crippen LogP contribution in [0.25, 0.3) is 0 Å².